The van der Waals surface area contributed by atoms with Crippen molar-refractivity contribution in [2.75, 3.05) is 27.2 Å². The van der Waals surface area contributed by atoms with Gasteiger partial charge >= 0.3 is 24.1 Å². The van der Waals surface area contributed by atoms with E-state index >= 15 is 0 Å². The quantitative estimate of drug-likeness (QED) is 0.485. The molecule has 0 spiro atoms. The number of nitrogens with zero attached hydrogens (tertiary/aromatic N) is 1. The fourth-order valence-electron chi connectivity index (χ4n) is 4.01. The van der Waals surface area contributed by atoms with Gasteiger partial charge in [-0.3, -0.25) is 14.4 Å². The van der Waals surface area contributed by atoms with Crippen LogP contribution in [0.1, 0.15) is 51.4 Å². The van der Waals surface area contributed by atoms with E-state index in [4.69, 9.17) is 20.9 Å². The average Bonchev–Trinajstić information content (AvgIpc) is 2.72. The molecular formula is C20H35N3O5. The monoisotopic (exact) mass is 397 g/mol. The van der Waals surface area contributed by atoms with E-state index in [0.29, 0.717) is 50.6 Å². The van der Waals surface area contributed by atoms with E-state index in [1.54, 1.807) is 0 Å². The molecule has 0 radical (unpaired) electrons. The zero-order valence-electron chi connectivity index (χ0n) is 17.1. The lowest BCUT2D eigenvalue weighted by Gasteiger charge is -2.30. The molecule has 2 saturated carbocycles. The Morgan fingerprint density at radius 2 is 1.14 bits per heavy atom. The summed E-state index contributed by atoms with van der Waals surface area (Å²) in [6.45, 7) is 1.24. The van der Waals surface area contributed by atoms with E-state index in [1.165, 1.54) is 19.0 Å². The highest BCUT2D eigenvalue weighted by Crippen LogP contribution is 2.31. The fourth-order valence-corrected chi connectivity index (χ4v) is 4.01. The van der Waals surface area contributed by atoms with Crippen LogP contribution in [0, 0.1) is 23.7 Å². The van der Waals surface area contributed by atoms with Crippen LogP contribution in [0.5, 0.6) is 0 Å². The molecule has 0 unspecified atom stereocenters. The Morgan fingerprint density at radius 3 is 1.43 bits per heavy atom. The molecule has 28 heavy (non-hydrogen) atoms. The second-order valence-corrected chi connectivity index (χ2v) is 8.35. The maximum absolute atomic E-state index is 12.5. The molecular weight excluding hydrogens is 362 g/mol. The van der Waals surface area contributed by atoms with Crippen LogP contribution < -0.4 is 11.5 Å². The number of likely N-dealkylation sites (N-methyl/N-ethyl adjacent to an activating group) is 1. The summed E-state index contributed by atoms with van der Waals surface area (Å²) in [4.78, 5) is 38.8. The van der Waals surface area contributed by atoms with Crippen molar-refractivity contribution in [1.29, 1.82) is 0 Å². The van der Waals surface area contributed by atoms with Crippen molar-refractivity contribution in [2.45, 2.75) is 57.7 Å². The van der Waals surface area contributed by atoms with Crippen molar-refractivity contribution in [3.05, 3.63) is 0 Å². The van der Waals surface area contributed by atoms with Gasteiger partial charge in [-0.25, -0.2) is 0 Å². The SMILES string of the molecule is CN(C)C(=O)C(OC(=O)[C@H]1CC[C@H](CN)CC1)OC(=O)[C@H]1CC[C@H](CN)CC1. The molecule has 0 atom stereocenters. The Morgan fingerprint density at radius 1 is 0.786 bits per heavy atom. The maximum atomic E-state index is 12.5. The fraction of sp³-hybridized carbons (Fsp3) is 0.850. The molecule has 1 amide bonds. The molecule has 8 heteroatoms. The topological polar surface area (TPSA) is 125 Å². The van der Waals surface area contributed by atoms with E-state index in [0.717, 1.165) is 25.7 Å². The largest absolute Gasteiger partial charge is 0.415 e. The lowest BCUT2D eigenvalue weighted by molar-refractivity contribution is -0.201. The third-order valence-electron chi connectivity index (χ3n) is 6.12. The molecule has 0 aromatic rings. The summed E-state index contributed by atoms with van der Waals surface area (Å²) in [6.07, 6.45) is 4.68. The van der Waals surface area contributed by atoms with Crippen LogP contribution in [0.3, 0.4) is 0 Å². The molecule has 2 aliphatic carbocycles. The normalized spacial score (nSPS) is 27.9. The first-order chi connectivity index (χ1) is 13.3. The Balaban J connectivity index is 1.93. The van der Waals surface area contributed by atoms with Crippen LogP contribution in [0.25, 0.3) is 0 Å². The minimum atomic E-state index is -1.52. The zero-order valence-corrected chi connectivity index (χ0v) is 17.1. The van der Waals surface area contributed by atoms with E-state index in [2.05, 4.69) is 0 Å². The lowest BCUT2D eigenvalue weighted by Crippen LogP contribution is -2.43. The first-order valence-corrected chi connectivity index (χ1v) is 10.4. The minimum Gasteiger partial charge on any atom is -0.415 e. The molecule has 0 aromatic carbocycles. The first-order valence-electron chi connectivity index (χ1n) is 10.4. The molecule has 0 aliphatic heterocycles. The van der Waals surface area contributed by atoms with Gasteiger partial charge in [0.15, 0.2) is 0 Å². The molecule has 0 aromatic heterocycles. The molecule has 0 saturated heterocycles. The van der Waals surface area contributed by atoms with Crippen molar-refractivity contribution in [3.63, 3.8) is 0 Å². The van der Waals surface area contributed by atoms with E-state index in [-0.39, 0.29) is 11.8 Å². The number of esters is 2. The first kappa shape index (κ1) is 22.6. The van der Waals surface area contributed by atoms with Gasteiger partial charge in [0.1, 0.15) is 0 Å². The number of hydrogen-bond acceptors (Lipinski definition) is 7. The summed E-state index contributed by atoms with van der Waals surface area (Å²) in [6, 6.07) is 0. The second-order valence-electron chi connectivity index (χ2n) is 8.35. The zero-order chi connectivity index (χ0) is 20.7. The standard InChI is InChI=1S/C20H35N3O5/c1-23(2)17(24)20(27-18(25)15-7-3-13(11-21)4-8-15)28-19(26)16-9-5-14(12-22)6-10-16/h13-16,20H,3-12,21-22H2,1-2H3/t13-,14-,15-,16-. The molecule has 160 valence electrons. The second kappa shape index (κ2) is 10.8. The summed E-state index contributed by atoms with van der Waals surface area (Å²) in [5.41, 5.74) is 11.4. The van der Waals surface area contributed by atoms with Crippen LogP contribution in [-0.4, -0.2) is 56.2 Å². The van der Waals surface area contributed by atoms with Crippen molar-refractivity contribution in [1.82, 2.24) is 4.90 Å². The number of nitrogens with two attached hydrogens (primary N) is 2. The van der Waals surface area contributed by atoms with Gasteiger partial charge in [-0.05, 0) is 76.3 Å². The van der Waals surface area contributed by atoms with Gasteiger partial charge in [-0.2, -0.15) is 0 Å². The van der Waals surface area contributed by atoms with Gasteiger partial charge < -0.3 is 25.8 Å². The summed E-state index contributed by atoms with van der Waals surface area (Å²) < 4.78 is 10.7. The molecule has 8 nitrogen and oxygen atoms in total. The number of ether oxygens (including phenoxy) is 2. The molecule has 2 aliphatic rings. The number of carbonyl (C=O) groups excluding carboxylic acids is 3. The third-order valence-corrected chi connectivity index (χ3v) is 6.12. The van der Waals surface area contributed by atoms with Crippen LogP contribution in [0.2, 0.25) is 0 Å². The van der Waals surface area contributed by atoms with Crippen molar-refractivity contribution >= 4 is 17.8 Å². The van der Waals surface area contributed by atoms with Gasteiger partial charge in [0.2, 0.25) is 0 Å². The Hall–Kier alpha value is -1.67. The highest BCUT2D eigenvalue weighted by Gasteiger charge is 2.36. The van der Waals surface area contributed by atoms with Gasteiger partial charge in [-0.15, -0.1) is 0 Å². The van der Waals surface area contributed by atoms with Crippen LogP contribution >= 0.6 is 0 Å². The van der Waals surface area contributed by atoms with E-state index < -0.39 is 24.1 Å². The number of amides is 1. The van der Waals surface area contributed by atoms with E-state index in [1.807, 2.05) is 0 Å². The number of carbonyl (C=O) groups is 3. The molecule has 4 N–H and O–H groups in total. The molecule has 2 fully saturated rings. The minimum absolute atomic E-state index is 0.279. The smallest absolute Gasteiger partial charge is 0.326 e. The average molecular weight is 398 g/mol. The Labute approximate surface area is 167 Å². The molecule has 0 heterocycles. The van der Waals surface area contributed by atoms with Gasteiger partial charge in [-0.1, -0.05) is 0 Å². The maximum Gasteiger partial charge on any atom is 0.326 e. The Kier molecular flexibility index (Phi) is 8.69. The third kappa shape index (κ3) is 6.17. The van der Waals surface area contributed by atoms with Gasteiger partial charge in [0.05, 0.1) is 11.8 Å². The van der Waals surface area contributed by atoms with Crippen molar-refractivity contribution in [3.8, 4) is 0 Å². The predicted octanol–water partition coefficient (Wildman–Crippen LogP) is 1.02. The number of hydrogen-bond donors (Lipinski definition) is 2. The summed E-state index contributed by atoms with van der Waals surface area (Å²) in [7, 11) is 3.08. The van der Waals surface area contributed by atoms with E-state index in [9.17, 15) is 14.4 Å². The van der Waals surface area contributed by atoms with Gasteiger partial charge in [0, 0.05) is 14.1 Å². The Bertz CT molecular complexity index is 500. The van der Waals surface area contributed by atoms with Crippen LogP contribution in [-0.2, 0) is 23.9 Å². The van der Waals surface area contributed by atoms with Crippen molar-refractivity contribution in [2.24, 2.45) is 35.1 Å². The van der Waals surface area contributed by atoms with Crippen molar-refractivity contribution < 1.29 is 23.9 Å². The predicted molar refractivity (Wildman–Crippen MR) is 104 cm³/mol. The van der Waals surface area contributed by atoms with Gasteiger partial charge in [0.25, 0.3) is 0 Å². The highest BCUT2D eigenvalue weighted by molar-refractivity contribution is 5.85. The van der Waals surface area contributed by atoms with Crippen LogP contribution in [0.15, 0.2) is 0 Å². The summed E-state index contributed by atoms with van der Waals surface area (Å²) >= 11 is 0. The highest BCUT2D eigenvalue weighted by atomic mass is 16.7. The van der Waals surface area contributed by atoms with Crippen LogP contribution in [0.4, 0.5) is 0 Å². The lowest BCUT2D eigenvalue weighted by atomic mass is 9.82. The number of rotatable bonds is 7. The summed E-state index contributed by atoms with van der Waals surface area (Å²) in [5, 5.41) is 0. The summed E-state index contributed by atoms with van der Waals surface area (Å²) in [5.74, 6) is -1.19. The molecule has 2 rings (SSSR count). The molecule has 0 bridgehead atoms.